The lowest BCUT2D eigenvalue weighted by molar-refractivity contribution is -0.386. The molecule has 0 unspecified atom stereocenters. The summed E-state index contributed by atoms with van der Waals surface area (Å²) in [6.45, 7) is 3.97. The van der Waals surface area contributed by atoms with Gasteiger partial charge in [0.1, 0.15) is 12.4 Å². The van der Waals surface area contributed by atoms with Crippen molar-refractivity contribution in [3.8, 4) is 5.75 Å². The Morgan fingerprint density at radius 2 is 1.94 bits per heavy atom. The molecular weight excluding hydrogens is 487 g/mol. The van der Waals surface area contributed by atoms with E-state index in [1.165, 1.54) is 18.2 Å². The largest absolute Gasteiger partial charge is 0.482 e. The molecule has 1 heterocycles. The highest BCUT2D eigenvalue weighted by Gasteiger charge is 2.16. The fourth-order valence-corrected chi connectivity index (χ4v) is 3.81. The molecule has 0 fully saturated rings. The van der Waals surface area contributed by atoms with Crippen molar-refractivity contribution in [3.05, 3.63) is 116 Å². The maximum Gasteiger partial charge on any atom is 0.311 e. The summed E-state index contributed by atoms with van der Waals surface area (Å²) in [5.41, 5.74) is 3.17. The molecule has 36 heavy (non-hydrogen) atoms. The molecule has 0 radical (unpaired) electrons. The fraction of sp³-hybridized carbons (Fsp3) is 0.154. The van der Waals surface area contributed by atoms with Crippen molar-refractivity contribution in [1.82, 2.24) is 9.78 Å². The average Bonchev–Trinajstić information content (AvgIpc) is 3.18. The van der Waals surface area contributed by atoms with E-state index in [1.807, 2.05) is 6.92 Å². The lowest BCUT2D eigenvalue weighted by Gasteiger charge is -2.09. The normalized spacial score (nSPS) is 10.8. The van der Waals surface area contributed by atoms with Crippen LogP contribution in [0.1, 0.15) is 32.7 Å². The highest BCUT2D eigenvalue weighted by Crippen LogP contribution is 2.28. The van der Waals surface area contributed by atoms with Gasteiger partial charge in [0.15, 0.2) is 11.6 Å². The van der Waals surface area contributed by atoms with E-state index in [2.05, 4.69) is 10.4 Å². The maximum atomic E-state index is 13.3. The smallest absolute Gasteiger partial charge is 0.311 e. The van der Waals surface area contributed by atoms with Crippen LogP contribution in [0.15, 0.2) is 66.7 Å². The van der Waals surface area contributed by atoms with Crippen molar-refractivity contribution >= 4 is 29.0 Å². The van der Waals surface area contributed by atoms with Gasteiger partial charge in [-0.3, -0.25) is 19.6 Å². The molecule has 0 atom stereocenters. The van der Waals surface area contributed by atoms with Crippen LogP contribution in [-0.2, 0) is 13.2 Å². The van der Waals surface area contributed by atoms with Crippen LogP contribution >= 0.6 is 11.6 Å². The van der Waals surface area contributed by atoms with Gasteiger partial charge < -0.3 is 10.1 Å². The van der Waals surface area contributed by atoms with Crippen molar-refractivity contribution < 1.29 is 18.8 Å². The first-order valence-electron chi connectivity index (χ1n) is 11.0. The number of anilines is 1. The molecule has 1 amide bonds. The molecule has 0 bridgehead atoms. The van der Waals surface area contributed by atoms with Gasteiger partial charge in [0, 0.05) is 28.4 Å². The van der Waals surface area contributed by atoms with Crippen LogP contribution in [0.2, 0.25) is 5.02 Å². The van der Waals surface area contributed by atoms with E-state index in [0.29, 0.717) is 34.1 Å². The second-order valence-electron chi connectivity index (χ2n) is 8.24. The number of nitro groups is 1. The molecule has 4 aromatic rings. The standard InChI is InChI=1S/C26H22ClFN4O4/c1-16-6-9-24(23(10-16)32(34)35)36-15-18-4-3-5-19(12-18)26(33)29-25-11-17(2)31(30-25)14-20-7-8-21(28)13-22(20)27/h3-13H,14-15H2,1-2H3,(H,29,30,33). The van der Waals surface area contributed by atoms with Crippen LogP contribution < -0.4 is 10.1 Å². The number of nitrogens with zero attached hydrogens (tertiary/aromatic N) is 3. The van der Waals surface area contributed by atoms with Gasteiger partial charge in [0.2, 0.25) is 0 Å². The molecule has 3 aromatic carbocycles. The van der Waals surface area contributed by atoms with Gasteiger partial charge >= 0.3 is 5.69 Å². The summed E-state index contributed by atoms with van der Waals surface area (Å²) in [7, 11) is 0. The SMILES string of the molecule is Cc1ccc(OCc2cccc(C(=O)Nc3cc(C)n(Cc4ccc(F)cc4Cl)n3)c2)c([N+](=O)[O-])c1. The van der Waals surface area contributed by atoms with Crippen LogP contribution in [0, 0.1) is 29.8 Å². The zero-order chi connectivity index (χ0) is 25.8. The van der Waals surface area contributed by atoms with Crippen molar-refractivity contribution in [2.45, 2.75) is 27.0 Å². The number of ether oxygens (including phenoxy) is 1. The fourth-order valence-electron chi connectivity index (χ4n) is 3.59. The Balaban J connectivity index is 1.43. The zero-order valence-corrected chi connectivity index (χ0v) is 20.3. The third-order valence-electron chi connectivity index (χ3n) is 5.45. The van der Waals surface area contributed by atoms with Crippen LogP contribution in [0.4, 0.5) is 15.9 Å². The second-order valence-corrected chi connectivity index (χ2v) is 8.64. The third kappa shape index (κ3) is 5.87. The molecule has 1 aromatic heterocycles. The number of carbonyl (C=O) groups excluding carboxylic acids is 1. The number of hydrogen-bond acceptors (Lipinski definition) is 5. The summed E-state index contributed by atoms with van der Waals surface area (Å²) in [6.07, 6.45) is 0. The molecule has 8 nitrogen and oxygen atoms in total. The Morgan fingerprint density at radius 1 is 1.14 bits per heavy atom. The highest BCUT2D eigenvalue weighted by molar-refractivity contribution is 6.31. The number of nitrogens with one attached hydrogen (secondary N) is 1. The number of rotatable bonds is 8. The molecule has 0 saturated carbocycles. The summed E-state index contributed by atoms with van der Waals surface area (Å²) < 4.78 is 20.6. The van der Waals surface area contributed by atoms with Crippen molar-refractivity contribution in [2.75, 3.05) is 5.32 Å². The molecule has 0 spiro atoms. The lowest BCUT2D eigenvalue weighted by Crippen LogP contribution is -2.13. The summed E-state index contributed by atoms with van der Waals surface area (Å²) in [6, 6.07) is 17.4. The minimum Gasteiger partial charge on any atom is -0.482 e. The number of nitro benzene ring substituents is 1. The predicted molar refractivity (Wildman–Crippen MR) is 134 cm³/mol. The van der Waals surface area contributed by atoms with Crippen molar-refractivity contribution in [1.29, 1.82) is 0 Å². The Morgan fingerprint density at radius 3 is 2.69 bits per heavy atom. The van der Waals surface area contributed by atoms with E-state index >= 15 is 0 Å². The second kappa shape index (κ2) is 10.6. The van der Waals surface area contributed by atoms with Gasteiger partial charge in [-0.2, -0.15) is 5.10 Å². The molecule has 0 saturated heterocycles. The molecule has 184 valence electrons. The first kappa shape index (κ1) is 24.9. The number of halogens is 2. The first-order chi connectivity index (χ1) is 17.2. The number of benzene rings is 3. The summed E-state index contributed by atoms with van der Waals surface area (Å²) in [5, 5.41) is 18.8. The maximum absolute atomic E-state index is 13.3. The number of carbonyl (C=O) groups is 1. The number of hydrogen-bond donors (Lipinski definition) is 1. The van der Waals surface area contributed by atoms with Gasteiger partial charge in [-0.05, 0) is 60.9 Å². The van der Waals surface area contributed by atoms with Crippen LogP contribution in [0.5, 0.6) is 5.75 Å². The number of aryl methyl sites for hydroxylation is 2. The van der Waals surface area contributed by atoms with E-state index in [9.17, 15) is 19.3 Å². The summed E-state index contributed by atoms with van der Waals surface area (Å²) in [4.78, 5) is 23.7. The Hall–Kier alpha value is -4.24. The van der Waals surface area contributed by atoms with Crippen LogP contribution in [0.25, 0.3) is 0 Å². The van der Waals surface area contributed by atoms with E-state index in [-0.39, 0.29) is 24.0 Å². The molecule has 1 N–H and O–H groups in total. The molecule has 4 rings (SSSR count). The third-order valence-corrected chi connectivity index (χ3v) is 5.80. The summed E-state index contributed by atoms with van der Waals surface area (Å²) in [5.74, 6) is -0.281. The van der Waals surface area contributed by atoms with E-state index in [1.54, 1.807) is 60.1 Å². The monoisotopic (exact) mass is 508 g/mol. The predicted octanol–water partition coefficient (Wildman–Crippen LogP) is 6.08. The highest BCUT2D eigenvalue weighted by atomic mass is 35.5. The van der Waals surface area contributed by atoms with Crippen molar-refractivity contribution in [3.63, 3.8) is 0 Å². The minimum atomic E-state index is -0.489. The van der Waals surface area contributed by atoms with Gasteiger partial charge in [-0.1, -0.05) is 35.9 Å². The van der Waals surface area contributed by atoms with Crippen LogP contribution in [-0.4, -0.2) is 20.6 Å². The van der Waals surface area contributed by atoms with Crippen LogP contribution in [0.3, 0.4) is 0 Å². The van der Waals surface area contributed by atoms with Gasteiger partial charge in [-0.15, -0.1) is 0 Å². The number of aromatic nitrogens is 2. The average molecular weight is 509 g/mol. The van der Waals surface area contributed by atoms with E-state index < -0.39 is 10.7 Å². The summed E-state index contributed by atoms with van der Waals surface area (Å²) >= 11 is 6.12. The Labute approximate surface area is 211 Å². The Kier molecular flexibility index (Phi) is 7.30. The topological polar surface area (TPSA) is 99.3 Å². The van der Waals surface area contributed by atoms with Gasteiger partial charge in [-0.25, -0.2) is 4.39 Å². The van der Waals surface area contributed by atoms with E-state index in [0.717, 1.165) is 11.3 Å². The quantitative estimate of drug-likeness (QED) is 0.230. The molecular formula is C26H22ClFN4O4. The molecule has 10 heteroatoms. The minimum absolute atomic E-state index is 0.0528. The Bertz CT molecular complexity index is 1450. The number of amides is 1. The molecule has 0 aliphatic carbocycles. The van der Waals surface area contributed by atoms with E-state index in [4.69, 9.17) is 16.3 Å². The van der Waals surface area contributed by atoms with Gasteiger partial charge in [0.05, 0.1) is 11.5 Å². The lowest BCUT2D eigenvalue weighted by atomic mass is 10.1. The molecule has 0 aliphatic heterocycles. The first-order valence-corrected chi connectivity index (χ1v) is 11.3. The van der Waals surface area contributed by atoms with Crippen molar-refractivity contribution in [2.24, 2.45) is 0 Å². The molecule has 0 aliphatic rings. The zero-order valence-electron chi connectivity index (χ0n) is 19.5. The van der Waals surface area contributed by atoms with Gasteiger partial charge in [0.25, 0.3) is 5.91 Å².